The van der Waals surface area contributed by atoms with Crippen LogP contribution in [0.3, 0.4) is 0 Å². The molecule has 9 heteroatoms. The zero-order valence-electron chi connectivity index (χ0n) is 8.49. The Morgan fingerprint density at radius 3 is 2.41 bits per heavy atom. The molecule has 96 valence electrons. The van der Waals surface area contributed by atoms with Gasteiger partial charge >= 0.3 is 11.9 Å². The molecule has 1 fully saturated rings. The Bertz CT molecular complexity index is 361. The summed E-state index contributed by atoms with van der Waals surface area (Å²) >= 11 is 0. The first kappa shape index (κ1) is 13.4. The number of hydrogen-bond donors (Lipinski definition) is 3. The van der Waals surface area contributed by atoms with Crippen molar-refractivity contribution in [2.45, 2.75) is 31.2 Å². The van der Waals surface area contributed by atoms with Gasteiger partial charge in [0.25, 0.3) is 0 Å². The fourth-order valence-corrected chi connectivity index (χ4v) is 1.28. The normalized spacial score (nSPS) is 25.1. The van der Waals surface area contributed by atoms with Crippen molar-refractivity contribution in [1.29, 1.82) is 5.41 Å². The number of nitro groups is 1. The Hall–Kier alpha value is -1.64. The van der Waals surface area contributed by atoms with Crippen LogP contribution in [0.25, 0.3) is 0 Å². The third-order valence-corrected chi connectivity index (χ3v) is 2.31. The predicted molar refractivity (Wildman–Crippen MR) is 51.0 cm³/mol. The summed E-state index contributed by atoms with van der Waals surface area (Å²) in [5.41, 5.74) is -3.34. The average Bonchev–Trinajstić information content (AvgIpc) is 2.12. The van der Waals surface area contributed by atoms with E-state index < -0.39 is 28.6 Å². The van der Waals surface area contributed by atoms with Crippen molar-refractivity contribution in [1.82, 2.24) is 5.32 Å². The second-order valence-corrected chi connectivity index (χ2v) is 3.65. The molecule has 6 nitrogen and oxygen atoms in total. The van der Waals surface area contributed by atoms with Crippen LogP contribution in [0.5, 0.6) is 0 Å². The Morgan fingerprint density at radius 2 is 2.06 bits per heavy atom. The van der Waals surface area contributed by atoms with E-state index >= 15 is 0 Å². The van der Waals surface area contributed by atoms with E-state index in [0.29, 0.717) is 19.0 Å². The summed E-state index contributed by atoms with van der Waals surface area (Å²) in [7, 11) is 0. The zero-order chi connectivity index (χ0) is 13.2. The highest BCUT2D eigenvalue weighted by Crippen LogP contribution is 2.22. The standard InChI is InChI=1S/C8H10F3N3O3/c9-8(10,11)7(12)6(14(16)17)3-13-4-1-5(15)2-4/h3-5,12-13,15H,1-2H2/b6-3+,12-7?. The summed E-state index contributed by atoms with van der Waals surface area (Å²) in [5.74, 6) is 0. The molecule has 0 aromatic carbocycles. The van der Waals surface area contributed by atoms with Crippen LogP contribution in [0.15, 0.2) is 11.9 Å². The maximum absolute atomic E-state index is 12.1. The van der Waals surface area contributed by atoms with Crippen molar-refractivity contribution in [3.05, 3.63) is 22.0 Å². The van der Waals surface area contributed by atoms with Crippen LogP contribution >= 0.6 is 0 Å². The molecule has 0 radical (unpaired) electrons. The molecule has 1 rings (SSSR count). The van der Waals surface area contributed by atoms with Gasteiger partial charge in [-0.1, -0.05) is 0 Å². The quantitative estimate of drug-likeness (QED) is 0.392. The molecule has 0 saturated heterocycles. The third kappa shape index (κ3) is 3.41. The van der Waals surface area contributed by atoms with Gasteiger partial charge in [0.2, 0.25) is 5.71 Å². The first-order valence-electron chi connectivity index (χ1n) is 4.66. The molecule has 17 heavy (non-hydrogen) atoms. The molecule has 1 aliphatic rings. The number of aliphatic hydroxyl groups is 1. The minimum atomic E-state index is -5.06. The van der Waals surface area contributed by atoms with E-state index in [1.165, 1.54) is 0 Å². The number of alkyl halides is 3. The summed E-state index contributed by atoms with van der Waals surface area (Å²) in [6.45, 7) is 0. The van der Waals surface area contributed by atoms with Crippen LogP contribution in [0.2, 0.25) is 0 Å². The molecule has 1 saturated carbocycles. The Labute approximate surface area is 93.8 Å². The number of aliphatic hydroxyl groups excluding tert-OH is 1. The molecule has 0 heterocycles. The number of rotatable bonds is 4. The molecule has 0 spiro atoms. The molecule has 0 amide bonds. The van der Waals surface area contributed by atoms with Gasteiger partial charge in [-0.3, -0.25) is 15.5 Å². The van der Waals surface area contributed by atoms with Crippen molar-refractivity contribution in [3.8, 4) is 0 Å². The Balaban J connectivity index is 2.69. The number of allylic oxidation sites excluding steroid dienone is 1. The SMILES string of the molecule is N=C(/C(=C\NC1CC(O)C1)[N+](=O)[O-])C(F)(F)F. The molecule has 1 aliphatic carbocycles. The number of nitrogens with one attached hydrogen (secondary N) is 2. The van der Waals surface area contributed by atoms with Crippen LogP contribution in [0.1, 0.15) is 12.8 Å². The highest BCUT2D eigenvalue weighted by atomic mass is 19.4. The van der Waals surface area contributed by atoms with Gasteiger partial charge < -0.3 is 10.4 Å². The van der Waals surface area contributed by atoms with E-state index in [0.717, 1.165) is 0 Å². The number of halogens is 3. The Morgan fingerprint density at radius 1 is 1.53 bits per heavy atom. The third-order valence-electron chi connectivity index (χ3n) is 2.31. The van der Waals surface area contributed by atoms with Crippen molar-refractivity contribution >= 4 is 5.71 Å². The lowest BCUT2D eigenvalue weighted by Gasteiger charge is -2.31. The van der Waals surface area contributed by atoms with E-state index in [9.17, 15) is 23.3 Å². The minimum absolute atomic E-state index is 0.291. The van der Waals surface area contributed by atoms with E-state index in [1.807, 2.05) is 0 Å². The monoisotopic (exact) mass is 253 g/mol. The summed E-state index contributed by atoms with van der Waals surface area (Å²) in [6.07, 6.45) is -4.38. The minimum Gasteiger partial charge on any atom is -0.393 e. The van der Waals surface area contributed by atoms with Gasteiger partial charge in [0.1, 0.15) is 0 Å². The lowest BCUT2D eigenvalue weighted by molar-refractivity contribution is -0.417. The van der Waals surface area contributed by atoms with E-state index in [1.54, 1.807) is 0 Å². The maximum atomic E-state index is 12.1. The molecular weight excluding hydrogens is 243 g/mol. The van der Waals surface area contributed by atoms with Gasteiger partial charge in [-0.15, -0.1) is 0 Å². The average molecular weight is 253 g/mol. The van der Waals surface area contributed by atoms with Crippen molar-refractivity contribution in [2.24, 2.45) is 0 Å². The highest BCUT2D eigenvalue weighted by Gasteiger charge is 2.42. The molecule has 3 N–H and O–H groups in total. The largest absolute Gasteiger partial charge is 0.439 e. The molecule has 0 aromatic heterocycles. The molecule has 0 atom stereocenters. The lowest BCUT2D eigenvalue weighted by atomic mass is 9.90. The summed E-state index contributed by atoms with van der Waals surface area (Å²) in [5, 5.41) is 28.3. The van der Waals surface area contributed by atoms with Gasteiger partial charge in [0.05, 0.1) is 17.2 Å². The molecule has 0 bridgehead atoms. The van der Waals surface area contributed by atoms with Gasteiger partial charge in [-0.25, -0.2) is 0 Å². The molecule has 0 aliphatic heterocycles. The summed E-state index contributed by atoms with van der Waals surface area (Å²) in [4.78, 5) is 9.11. The highest BCUT2D eigenvalue weighted by molar-refractivity contribution is 5.99. The van der Waals surface area contributed by atoms with Crippen LogP contribution < -0.4 is 5.32 Å². The van der Waals surface area contributed by atoms with Crippen LogP contribution in [0.4, 0.5) is 13.2 Å². The van der Waals surface area contributed by atoms with Gasteiger partial charge in [-0.05, 0) is 12.8 Å². The van der Waals surface area contributed by atoms with Crippen LogP contribution in [0, 0.1) is 15.5 Å². The molecule has 0 aromatic rings. The summed E-state index contributed by atoms with van der Waals surface area (Å²) in [6, 6.07) is -0.291. The topological polar surface area (TPSA) is 99.2 Å². The van der Waals surface area contributed by atoms with Crippen molar-refractivity contribution in [2.75, 3.05) is 0 Å². The smallest absolute Gasteiger partial charge is 0.393 e. The lowest BCUT2D eigenvalue weighted by Crippen LogP contribution is -2.42. The van der Waals surface area contributed by atoms with Gasteiger partial charge in [0, 0.05) is 6.04 Å². The number of hydrogen-bond acceptors (Lipinski definition) is 5. The van der Waals surface area contributed by atoms with Crippen LogP contribution in [-0.2, 0) is 0 Å². The fraction of sp³-hybridized carbons (Fsp3) is 0.625. The van der Waals surface area contributed by atoms with E-state index in [2.05, 4.69) is 5.32 Å². The second-order valence-electron chi connectivity index (χ2n) is 3.65. The first-order chi connectivity index (χ1) is 7.71. The van der Waals surface area contributed by atoms with E-state index in [4.69, 9.17) is 10.5 Å². The summed E-state index contributed by atoms with van der Waals surface area (Å²) < 4.78 is 36.3. The van der Waals surface area contributed by atoms with Crippen molar-refractivity contribution < 1.29 is 23.2 Å². The fourth-order valence-electron chi connectivity index (χ4n) is 1.28. The van der Waals surface area contributed by atoms with Crippen LogP contribution in [-0.4, -0.2) is 34.1 Å². The zero-order valence-corrected chi connectivity index (χ0v) is 8.49. The maximum Gasteiger partial charge on any atom is 0.439 e. The Kier molecular flexibility index (Phi) is 3.71. The predicted octanol–water partition coefficient (Wildman–Crippen LogP) is 0.799. The van der Waals surface area contributed by atoms with Crippen molar-refractivity contribution in [3.63, 3.8) is 0 Å². The first-order valence-corrected chi connectivity index (χ1v) is 4.66. The van der Waals surface area contributed by atoms with E-state index in [-0.39, 0.29) is 6.04 Å². The molecular formula is C8H10F3N3O3. The van der Waals surface area contributed by atoms with Gasteiger partial charge in [-0.2, -0.15) is 13.2 Å². The molecule has 0 unspecified atom stereocenters. The number of nitrogens with zero attached hydrogens (tertiary/aromatic N) is 1. The van der Waals surface area contributed by atoms with Gasteiger partial charge in [0.15, 0.2) is 0 Å². The second kappa shape index (κ2) is 4.70.